The van der Waals surface area contributed by atoms with E-state index in [1.54, 1.807) is 31.2 Å². The molecular weight excluding hydrogens is 389 g/mol. The third-order valence-electron chi connectivity index (χ3n) is 5.81. The predicted octanol–water partition coefficient (Wildman–Crippen LogP) is 5.38. The molecular formula is C23H28FNO3S. The highest BCUT2D eigenvalue weighted by Crippen LogP contribution is 2.31. The molecule has 1 atom stereocenters. The van der Waals surface area contributed by atoms with Gasteiger partial charge in [0.2, 0.25) is 0 Å². The van der Waals surface area contributed by atoms with E-state index in [-0.39, 0.29) is 27.9 Å². The van der Waals surface area contributed by atoms with E-state index in [0.29, 0.717) is 17.2 Å². The van der Waals surface area contributed by atoms with Gasteiger partial charge in [0.05, 0.1) is 10.6 Å². The highest BCUT2D eigenvalue weighted by atomic mass is 32.2. The topological polar surface area (TPSA) is 63.2 Å². The Morgan fingerprint density at radius 3 is 2.55 bits per heavy atom. The third kappa shape index (κ3) is 5.44. The van der Waals surface area contributed by atoms with Gasteiger partial charge in [0.15, 0.2) is 9.84 Å². The van der Waals surface area contributed by atoms with E-state index in [9.17, 15) is 17.6 Å². The lowest BCUT2D eigenvalue weighted by atomic mass is 9.82. The van der Waals surface area contributed by atoms with Crippen molar-refractivity contribution in [2.45, 2.75) is 50.8 Å². The van der Waals surface area contributed by atoms with Crippen molar-refractivity contribution in [1.29, 1.82) is 0 Å². The molecule has 6 heteroatoms. The van der Waals surface area contributed by atoms with Crippen molar-refractivity contribution in [3.05, 3.63) is 59.4 Å². The SMILES string of the molecule is Cc1cc(NC(=O)c2cccc(S(=O)(=O)C[C@@H](C)C3CCCCC3)c2)ccc1F. The minimum Gasteiger partial charge on any atom is -0.322 e. The fourth-order valence-electron chi connectivity index (χ4n) is 4.04. The molecule has 2 aromatic rings. The predicted molar refractivity (Wildman–Crippen MR) is 113 cm³/mol. The van der Waals surface area contributed by atoms with E-state index in [4.69, 9.17) is 0 Å². The number of rotatable bonds is 6. The van der Waals surface area contributed by atoms with E-state index in [2.05, 4.69) is 5.32 Å². The molecule has 0 bridgehead atoms. The number of aryl methyl sites for hydroxylation is 1. The molecule has 4 nitrogen and oxygen atoms in total. The summed E-state index contributed by atoms with van der Waals surface area (Å²) in [6, 6.07) is 10.4. The first-order valence-corrected chi connectivity index (χ1v) is 11.8. The summed E-state index contributed by atoms with van der Waals surface area (Å²) in [4.78, 5) is 12.7. The second-order valence-corrected chi connectivity index (χ2v) is 10.1. The number of benzene rings is 2. The maximum atomic E-state index is 13.4. The number of carbonyl (C=O) groups excluding carboxylic acids is 1. The molecule has 1 amide bonds. The number of anilines is 1. The van der Waals surface area contributed by atoms with Crippen LogP contribution in [0.25, 0.3) is 0 Å². The summed E-state index contributed by atoms with van der Waals surface area (Å²) >= 11 is 0. The summed E-state index contributed by atoms with van der Waals surface area (Å²) in [5.74, 6) is -0.122. The molecule has 0 aliphatic heterocycles. The van der Waals surface area contributed by atoms with Gasteiger partial charge in [-0.1, -0.05) is 45.1 Å². The first kappa shape index (κ1) is 21.5. The number of carbonyl (C=O) groups is 1. The van der Waals surface area contributed by atoms with Gasteiger partial charge in [-0.2, -0.15) is 0 Å². The van der Waals surface area contributed by atoms with E-state index in [1.807, 2.05) is 6.92 Å². The number of nitrogens with one attached hydrogen (secondary N) is 1. The van der Waals surface area contributed by atoms with Gasteiger partial charge in [-0.05, 0) is 60.7 Å². The van der Waals surface area contributed by atoms with E-state index >= 15 is 0 Å². The lowest BCUT2D eigenvalue weighted by Crippen LogP contribution is -2.23. The minimum atomic E-state index is -3.48. The number of amides is 1. The molecule has 1 aliphatic rings. The standard InChI is InChI=1S/C23H28FNO3S/c1-16-13-20(11-12-22(16)24)25-23(26)19-9-6-10-21(14-19)29(27,28)15-17(2)18-7-4-3-5-8-18/h6,9-14,17-18H,3-5,7-8,15H2,1-2H3,(H,25,26)/t17-/m1/s1. The van der Waals surface area contributed by atoms with E-state index in [0.717, 1.165) is 12.8 Å². The molecule has 1 N–H and O–H groups in total. The van der Waals surface area contributed by atoms with Crippen LogP contribution >= 0.6 is 0 Å². The first-order chi connectivity index (χ1) is 13.8. The molecule has 0 radical (unpaired) electrons. The smallest absolute Gasteiger partial charge is 0.255 e. The van der Waals surface area contributed by atoms with Crippen LogP contribution in [0.15, 0.2) is 47.4 Å². The van der Waals surface area contributed by atoms with Crippen LogP contribution in [0.3, 0.4) is 0 Å². The number of sulfone groups is 1. The highest BCUT2D eigenvalue weighted by Gasteiger charge is 2.26. The summed E-state index contributed by atoms with van der Waals surface area (Å²) in [6.45, 7) is 3.63. The molecule has 0 spiro atoms. The molecule has 1 fully saturated rings. The van der Waals surface area contributed by atoms with Crippen molar-refractivity contribution in [1.82, 2.24) is 0 Å². The molecule has 3 rings (SSSR count). The lowest BCUT2D eigenvalue weighted by molar-refractivity contribution is 0.102. The molecule has 29 heavy (non-hydrogen) atoms. The van der Waals surface area contributed by atoms with Crippen LogP contribution in [0.1, 0.15) is 54.9 Å². The quantitative estimate of drug-likeness (QED) is 0.687. The first-order valence-electron chi connectivity index (χ1n) is 10.2. The summed E-state index contributed by atoms with van der Waals surface area (Å²) in [5, 5.41) is 2.70. The Balaban J connectivity index is 1.73. The summed E-state index contributed by atoms with van der Waals surface area (Å²) in [5.41, 5.74) is 1.15. The normalized spacial score (nSPS) is 16.4. The second kappa shape index (κ2) is 9.08. The monoisotopic (exact) mass is 417 g/mol. The number of hydrogen-bond donors (Lipinski definition) is 1. The van der Waals surface area contributed by atoms with Crippen LogP contribution < -0.4 is 5.32 Å². The van der Waals surface area contributed by atoms with Crippen molar-refractivity contribution in [3.8, 4) is 0 Å². The molecule has 0 heterocycles. The van der Waals surface area contributed by atoms with Gasteiger partial charge in [-0.15, -0.1) is 0 Å². The zero-order chi connectivity index (χ0) is 21.0. The molecule has 156 valence electrons. The number of halogens is 1. The van der Waals surface area contributed by atoms with Crippen LogP contribution in [0.4, 0.5) is 10.1 Å². The van der Waals surface area contributed by atoms with E-state index in [1.165, 1.54) is 37.5 Å². The zero-order valence-electron chi connectivity index (χ0n) is 16.9. The maximum Gasteiger partial charge on any atom is 0.255 e. The van der Waals surface area contributed by atoms with Gasteiger partial charge in [0, 0.05) is 11.3 Å². The Kier molecular flexibility index (Phi) is 6.73. The van der Waals surface area contributed by atoms with Crippen molar-refractivity contribution in [2.75, 3.05) is 11.1 Å². The second-order valence-electron chi connectivity index (χ2n) is 8.10. The van der Waals surface area contributed by atoms with Gasteiger partial charge in [-0.25, -0.2) is 12.8 Å². The Labute approximate surface area is 172 Å². The fourth-order valence-corrected chi connectivity index (χ4v) is 5.79. The van der Waals surface area contributed by atoms with Crippen LogP contribution in [-0.4, -0.2) is 20.1 Å². The van der Waals surface area contributed by atoms with Crippen LogP contribution in [0.5, 0.6) is 0 Å². The largest absolute Gasteiger partial charge is 0.322 e. The highest BCUT2D eigenvalue weighted by molar-refractivity contribution is 7.91. The molecule has 1 aliphatic carbocycles. The minimum absolute atomic E-state index is 0.0971. The van der Waals surface area contributed by atoms with Crippen LogP contribution in [0.2, 0.25) is 0 Å². The van der Waals surface area contributed by atoms with Gasteiger partial charge in [0.1, 0.15) is 5.82 Å². The van der Waals surface area contributed by atoms with Gasteiger partial charge < -0.3 is 5.32 Å². The molecule has 0 saturated heterocycles. The van der Waals surface area contributed by atoms with Crippen molar-refractivity contribution in [3.63, 3.8) is 0 Å². The van der Waals surface area contributed by atoms with Crippen LogP contribution in [0, 0.1) is 24.6 Å². The molecule has 0 unspecified atom stereocenters. The van der Waals surface area contributed by atoms with Crippen LogP contribution in [-0.2, 0) is 9.84 Å². The van der Waals surface area contributed by atoms with Gasteiger partial charge in [-0.3, -0.25) is 4.79 Å². The Morgan fingerprint density at radius 1 is 1.14 bits per heavy atom. The van der Waals surface area contributed by atoms with Gasteiger partial charge in [0.25, 0.3) is 5.91 Å². The molecule has 0 aromatic heterocycles. The Hall–Kier alpha value is -2.21. The molecule has 1 saturated carbocycles. The average molecular weight is 418 g/mol. The third-order valence-corrected chi connectivity index (χ3v) is 7.74. The average Bonchev–Trinajstić information content (AvgIpc) is 2.71. The van der Waals surface area contributed by atoms with E-state index < -0.39 is 15.7 Å². The molecule has 2 aromatic carbocycles. The van der Waals surface area contributed by atoms with Gasteiger partial charge >= 0.3 is 0 Å². The van der Waals surface area contributed by atoms with Crippen molar-refractivity contribution < 1.29 is 17.6 Å². The summed E-state index contributed by atoms with van der Waals surface area (Å²) in [6.07, 6.45) is 5.77. The van der Waals surface area contributed by atoms with Crippen molar-refractivity contribution in [2.24, 2.45) is 11.8 Å². The lowest BCUT2D eigenvalue weighted by Gasteiger charge is -2.27. The van der Waals surface area contributed by atoms with Crippen molar-refractivity contribution >= 4 is 21.4 Å². The Bertz CT molecular complexity index is 981. The summed E-state index contributed by atoms with van der Waals surface area (Å²) < 4.78 is 39.3. The maximum absolute atomic E-state index is 13.4. The fraction of sp³-hybridized carbons (Fsp3) is 0.435. The summed E-state index contributed by atoms with van der Waals surface area (Å²) in [7, 11) is -3.48. The number of hydrogen-bond acceptors (Lipinski definition) is 3. The Morgan fingerprint density at radius 2 is 1.86 bits per heavy atom. The zero-order valence-corrected chi connectivity index (χ0v) is 17.8.